The van der Waals surface area contributed by atoms with Crippen molar-refractivity contribution in [2.45, 2.75) is 51.9 Å². The fourth-order valence-electron chi connectivity index (χ4n) is 2.63. The van der Waals surface area contributed by atoms with Crippen LogP contribution >= 0.6 is 0 Å². The van der Waals surface area contributed by atoms with Crippen molar-refractivity contribution in [3.8, 4) is 0 Å². The molecule has 0 radical (unpaired) electrons. The Kier molecular flexibility index (Phi) is 7.30. The van der Waals surface area contributed by atoms with Gasteiger partial charge in [-0.3, -0.25) is 4.79 Å². The van der Waals surface area contributed by atoms with Crippen LogP contribution in [-0.4, -0.2) is 30.2 Å². The molecule has 1 rings (SSSR count). The number of nitrogens with one attached hydrogen (secondary N) is 2. The summed E-state index contributed by atoms with van der Waals surface area (Å²) in [7, 11) is 0. The van der Waals surface area contributed by atoms with Crippen molar-refractivity contribution >= 4 is 12.0 Å². The van der Waals surface area contributed by atoms with Crippen molar-refractivity contribution in [2.75, 3.05) is 13.1 Å². The molecule has 0 bridgehead atoms. The van der Waals surface area contributed by atoms with Gasteiger partial charge >= 0.3 is 12.0 Å². The van der Waals surface area contributed by atoms with Crippen LogP contribution in [0.25, 0.3) is 0 Å². The topological polar surface area (TPSA) is 78.4 Å². The van der Waals surface area contributed by atoms with Gasteiger partial charge < -0.3 is 15.7 Å². The monoisotopic (exact) mass is 270 g/mol. The zero-order valence-electron chi connectivity index (χ0n) is 11.8. The Morgan fingerprint density at radius 2 is 1.95 bits per heavy atom. The van der Waals surface area contributed by atoms with Gasteiger partial charge in [0.2, 0.25) is 0 Å². The lowest BCUT2D eigenvalue weighted by molar-refractivity contribution is -0.141. The predicted octanol–water partition coefficient (Wildman–Crippen LogP) is 2.37. The molecule has 0 heterocycles. The number of urea groups is 1. The molecule has 1 fully saturated rings. The third-order valence-corrected chi connectivity index (χ3v) is 3.81. The fourth-order valence-corrected chi connectivity index (χ4v) is 2.63. The number of hydrogen-bond acceptors (Lipinski definition) is 2. The molecule has 0 aromatic carbocycles. The normalized spacial score (nSPS) is 17.1. The molecule has 0 aromatic heterocycles. The Hall–Kier alpha value is -1.26. The van der Waals surface area contributed by atoms with Crippen molar-refractivity contribution < 1.29 is 14.7 Å². The first-order chi connectivity index (χ1) is 9.13. The molecule has 19 heavy (non-hydrogen) atoms. The van der Waals surface area contributed by atoms with E-state index in [1.807, 2.05) is 6.92 Å². The molecule has 110 valence electrons. The second kappa shape index (κ2) is 8.77. The fraction of sp³-hybridized carbons (Fsp3) is 0.857. The summed E-state index contributed by atoms with van der Waals surface area (Å²) in [4.78, 5) is 22.5. The molecule has 1 aliphatic rings. The van der Waals surface area contributed by atoms with E-state index in [0.29, 0.717) is 13.0 Å². The average molecular weight is 270 g/mol. The molecule has 1 atom stereocenters. The van der Waals surface area contributed by atoms with Gasteiger partial charge in [0.05, 0.1) is 5.92 Å². The van der Waals surface area contributed by atoms with Crippen molar-refractivity contribution in [1.82, 2.24) is 10.6 Å². The van der Waals surface area contributed by atoms with Gasteiger partial charge in [-0.2, -0.15) is 0 Å². The second-order valence-corrected chi connectivity index (χ2v) is 5.40. The smallest absolute Gasteiger partial charge is 0.314 e. The summed E-state index contributed by atoms with van der Waals surface area (Å²) in [6.07, 6.45) is 7.62. The van der Waals surface area contributed by atoms with Gasteiger partial charge in [0.15, 0.2) is 0 Å². The van der Waals surface area contributed by atoms with Crippen molar-refractivity contribution in [2.24, 2.45) is 11.8 Å². The Morgan fingerprint density at radius 1 is 1.26 bits per heavy atom. The molecular weight excluding hydrogens is 244 g/mol. The van der Waals surface area contributed by atoms with Crippen LogP contribution < -0.4 is 10.6 Å². The van der Waals surface area contributed by atoms with E-state index in [4.69, 9.17) is 5.11 Å². The summed E-state index contributed by atoms with van der Waals surface area (Å²) in [6, 6.07) is -0.250. The highest BCUT2D eigenvalue weighted by molar-refractivity contribution is 5.75. The summed E-state index contributed by atoms with van der Waals surface area (Å²) >= 11 is 0. The minimum Gasteiger partial charge on any atom is -0.481 e. The standard InChI is InChI=1S/C14H26N2O3/c1-2-5-12(13(17)18)10-16-14(19)15-9-8-11-6-3-4-7-11/h11-12H,2-10H2,1H3,(H,17,18)(H2,15,16,19). The lowest BCUT2D eigenvalue weighted by Gasteiger charge is -2.14. The van der Waals surface area contributed by atoms with E-state index < -0.39 is 11.9 Å². The predicted molar refractivity (Wildman–Crippen MR) is 74.0 cm³/mol. The summed E-state index contributed by atoms with van der Waals surface area (Å²) in [5.74, 6) is -0.564. The first-order valence-corrected chi connectivity index (χ1v) is 7.38. The van der Waals surface area contributed by atoms with E-state index in [-0.39, 0.29) is 12.6 Å². The average Bonchev–Trinajstić information content (AvgIpc) is 2.87. The molecule has 0 saturated heterocycles. The van der Waals surface area contributed by atoms with Crippen LogP contribution in [0.15, 0.2) is 0 Å². The molecule has 0 aromatic rings. The number of carbonyl (C=O) groups excluding carboxylic acids is 1. The maximum absolute atomic E-state index is 11.5. The van der Waals surface area contributed by atoms with Crippen molar-refractivity contribution in [3.63, 3.8) is 0 Å². The van der Waals surface area contributed by atoms with E-state index >= 15 is 0 Å². The number of hydrogen-bond donors (Lipinski definition) is 3. The second-order valence-electron chi connectivity index (χ2n) is 5.40. The molecule has 1 unspecified atom stereocenters. The molecule has 3 N–H and O–H groups in total. The van der Waals surface area contributed by atoms with Gasteiger partial charge in [-0.1, -0.05) is 39.0 Å². The Balaban J connectivity index is 2.10. The van der Waals surface area contributed by atoms with Crippen molar-refractivity contribution in [3.05, 3.63) is 0 Å². The van der Waals surface area contributed by atoms with E-state index in [1.165, 1.54) is 25.7 Å². The highest BCUT2D eigenvalue weighted by atomic mass is 16.4. The van der Waals surface area contributed by atoms with Crippen LogP contribution in [0, 0.1) is 11.8 Å². The molecule has 0 spiro atoms. The van der Waals surface area contributed by atoms with Crippen LogP contribution in [0.2, 0.25) is 0 Å². The Morgan fingerprint density at radius 3 is 2.53 bits per heavy atom. The zero-order valence-corrected chi connectivity index (χ0v) is 11.8. The SMILES string of the molecule is CCCC(CNC(=O)NCCC1CCCC1)C(=O)O. The molecule has 2 amide bonds. The highest BCUT2D eigenvalue weighted by Crippen LogP contribution is 2.26. The number of carbonyl (C=O) groups is 2. The molecule has 1 aliphatic carbocycles. The maximum atomic E-state index is 11.5. The zero-order chi connectivity index (χ0) is 14.1. The molecule has 5 heteroatoms. The van der Waals surface area contributed by atoms with Gasteiger partial charge in [-0.15, -0.1) is 0 Å². The van der Waals surface area contributed by atoms with Crippen LogP contribution in [0.5, 0.6) is 0 Å². The third-order valence-electron chi connectivity index (χ3n) is 3.81. The molecule has 0 aliphatic heterocycles. The number of amides is 2. The summed E-state index contributed by atoms with van der Waals surface area (Å²) in [5.41, 5.74) is 0. The number of carboxylic acid groups (broad SMARTS) is 1. The largest absolute Gasteiger partial charge is 0.481 e. The maximum Gasteiger partial charge on any atom is 0.314 e. The summed E-state index contributed by atoms with van der Waals surface area (Å²) in [6.45, 7) is 2.83. The number of carboxylic acids is 1. The minimum atomic E-state index is -0.840. The van der Waals surface area contributed by atoms with Gasteiger partial charge in [0, 0.05) is 13.1 Å². The lowest BCUT2D eigenvalue weighted by Crippen LogP contribution is -2.40. The van der Waals surface area contributed by atoms with Crippen LogP contribution in [0.3, 0.4) is 0 Å². The van der Waals surface area contributed by atoms with Gasteiger partial charge in [-0.25, -0.2) is 4.79 Å². The molecule has 1 saturated carbocycles. The van der Waals surface area contributed by atoms with Crippen LogP contribution in [-0.2, 0) is 4.79 Å². The number of rotatable bonds is 8. The molecule has 5 nitrogen and oxygen atoms in total. The lowest BCUT2D eigenvalue weighted by atomic mass is 10.0. The summed E-state index contributed by atoms with van der Waals surface area (Å²) < 4.78 is 0. The molecular formula is C14H26N2O3. The minimum absolute atomic E-state index is 0.207. The highest BCUT2D eigenvalue weighted by Gasteiger charge is 2.17. The van der Waals surface area contributed by atoms with E-state index in [1.54, 1.807) is 0 Å². The quantitative estimate of drug-likeness (QED) is 0.633. The first kappa shape index (κ1) is 15.8. The van der Waals surface area contributed by atoms with E-state index in [2.05, 4.69) is 10.6 Å². The van der Waals surface area contributed by atoms with Gasteiger partial charge in [0.1, 0.15) is 0 Å². The van der Waals surface area contributed by atoms with Gasteiger partial charge in [-0.05, 0) is 18.8 Å². The Labute approximate surface area is 115 Å². The van der Waals surface area contributed by atoms with E-state index in [0.717, 1.165) is 18.8 Å². The van der Waals surface area contributed by atoms with Crippen LogP contribution in [0.4, 0.5) is 4.79 Å². The third kappa shape index (κ3) is 6.45. The van der Waals surface area contributed by atoms with Crippen LogP contribution in [0.1, 0.15) is 51.9 Å². The Bertz CT molecular complexity index is 288. The first-order valence-electron chi connectivity index (χ1n) is 7.38. The van der Waals surface area contributed by atoms with E-state index in [9.17, 15) is 9.59 Å². The number of aliphatic carboxylic acids is 1. The van der Waals surface area contributed by atoms with Crippen molar-refractivity contribution in [1.29, 1.82) is 0 Å². The summed E-state index contributed by atoms with van der Waals surface area (Å²) in [5, 5.41) is 14.4. The van der Waals surface area contributed by atoms with Gasteiger partial charge in [0.25, 0.3) is 0 Å².